The van der Waals surface area contributed by atoms with E-state index in [-0.39, 0.29) is 0 Å². The van der Waals surface area contributed by atoms with Gasteiger partial charge in [-0.1, -0.05) is 56.3 Å². The molecule has 0 atom stereocenters. The molecule has 0 aliphatic rings. The molecule has 0 amide bonds. The van der Waals surface area contributed by atoms with Gasteiger partial charge in [-0.15, -0.1) is 0 Å². The molecule has 0 saturated carbocycles. The minimum Gasteiger partial charge on any atom is -0.304 e. The van der Waals surface area contributed by atoms with Crippen molar-refractivity contribution in [3.8, 4) is 11.1 Å². The molecule has 0 aromatic heterocycles. The van der Waals surface area contributed by atoms with Crippen molar-refractivity contribution in [3.05, 3.63) is 59.2 Å². The van der Waals surface area contributed by atoms with E-state index in [2.05, 4.69) is 75.1 Å². The maximum atomic E-state index is 2.49. The van der Waals surface area contributed by atoms with Crippen LogP contribution in [0.3, 0.4) is 0 Å². The fourth-order valence-corrected chi connectivity index (χ4v) is 3.02. The van der Waals surface area contributed by atoms with Gasteiger partial charge in [-0.2, -0.15) is 0 Å². The molecular formula is C20H27N. The third kappa shape index (κ3) is 3.74. The Morgan fingerprint density at radius 3 is 2.14 bits per heavy atom. The Balaban J connectivity index is 2.29. The summed E-state index contributed by atoms with van der Waals surface area (Å²) in [6.07, 6.45) is 1.14. The van der Waals surface area contributed by atoms with E-state index in [1.807, 2.05) is 0 Å². The maximum absolute atomic E-state index is 2.49. The number of likely N-dealkylation sites (N-methyl/N-ethyl adjacent to an activating group) is 1. The van der Waals surface area contributed by atoms with Gasteiger partial charge in [0.15, 0.2) is 0 Å². The van der Waals surface area contributed by atoms with Crippen molar-refractivity contribution in [2.75, 3.05) is 19.6 Å². The molecule has 0 bridgehead atoms. The summed E-state index contributed by atoms with van der Waals surface area (Å²) in [5, 5.41) is 0. The zero-order valence-electron chi connectivity index (χ0n) is 13.8. The molecule has 0 spiro atoms. The van der Waals surface area contributed by atoms with E-state index >= 15 is 0 Å². The minimum atomic E-state index is 1.13. The van der Waals surface area contributed by atoms with Gasteiger partial charge in [0.2, 0.25) is 0 Å². The van der Waals surface area contributed by atoms with Crippen molar-refractivity contribution in [2.45, 2.75) is 34.1 Å². The van der Waals surface area contributed by atoms with Gasteiger partial charge in [0.05, 0.1) is 0 Å². The largest absolute Gasteiger partial charge is 0.304 e. The quantitative estimate of drug-likeness (QED) is 0.731. The van der Waals surface area contributed by atoms with Crippen LogP contribution in [-0.2, 0) is 6.42 Å². The monoisotopic (exact) mass is 281 g/mol. The Morgan fingerprint density at radius 2 is 1.52 bits per heavy atom. The average molecular weight is 281 g/mol. The SMILES string of the molecule is CCN(CC)CCc1c(C)ccc(-c2ccccc2)c1C. The molecule has 1 nitrogen and oxygen atoms in total. The highest BCUT2D eigenvalue weighted by atomic mass is 15.1. The molecule has 0 radical (unpaired) electrons. The topological polar surface area (TPSA) is 3.24 Å². The molecule has 21 heavy (non-hydrogen) atoms. The van der Waals surface area contributed by atoms with Crippen LogP contribution in [0.1, 0.15) is 30.5 Å². The van der Waals surface area contributed by atoms with Crippen LogP contribution in [0, 0.1) is 13.8 Å². The van der Waals surface area contributed by atoms with Crippen molar-refractivity contribution < 1.29 is 0 Å². The number of benzene rings is 2. The smallest absolute Gasteiger partial charge is 0.00218 e. The summed E-state index contributed by atoms with van der Waals surface area (Å²) >= 11 is 0. The maximum Gasteiger partial charge on any atom is 0.00218 e. The Hall–Kier alpha value is -1.60. The first kappa shape index (κ1) is 15.8. The summed E-state index contributed by atoms with van der Waals surface area (Å²) in [6.45, 7) is 12.4. The third-order valence-corrected chi connectivity index (χ3v) is 4.49. The highest BCUT2D eigenvalue weighted by molar-refractivity contribution is 5.69. The Morgan fingerprint density at radius 1 is 0.857 bits per heavy atom. The Labute approximate surface area is 129 Å². The van der Waals surface area contributed by atoms with Gasteiger partial charge in [0, 0.05) is 6.54 Å². The fraction of sp³-hybridized carbons (Fsp3) is 0.400. The van der Waals surface area contributed by atoms with E-state index in [1.165, 1.54) is 27.8 Å². The van der Waals surface area contributed by atoms with E-state index < -0.39 is 0 Å². The summed E-state index contributed by atoms with van der Waals surface area (Å²) in [5.74, 6) is 0. The fourth-order valence-electron chi connectivity index (χ4n) is 3.02. The van der Waals surface area contributed by atoms with E-state index in [9.17, 15) is 0 Å². The predicted octanol–water partition coefficient (Wildman–Crippen LogP) is 4.85. The van der Waals surface area contributed by atoms with Crippen LogP contribution in [0.2, 0.25) is 0 Å². The standard InChI is InChI=1S/C20H27N/c1-5-21(6-2)15-14-19-16(3)12-13-20(17(19)4)18-10-8-7-9-11-18/h7-13H,5-6,14-15H2,1-4H3. The highest BCUT2D eigenvalue weighted by Gasteiger charge is 2.10. The van der Waals surface area contributed by atoms with Gasteiger partial charge in [-0.25, -0.2) is 0 Å². The molecule has 0 aliphatic carbocycles. The van der Waals surface area contributed by atoms with Gasteiger partial charge in [-0.05, 0) is 61.2 Å². The summed E-state index contributed by atoms with van der Waals surface area (Å²) in [6, 6.07) is 15.2. The lowest BCUT2D eigenvalue weighted by Crippen LogP contribution is -2.25. The molecule has 0 aliphatic heterocycles. The van der Waals surface area contributed by atoms with Crippen LogP contribution in [0.25, 0.3) is 11.1 Å². The third-order valence-electron chi connectivity index (χ3n) is 4.49. The molecule has 0 unspecified atom stereocenters. The summed E-state index contributed by atoms with van der Waals surface area (Å²) in [7, 11) is 0. The lowest BCUT2D eigenvalue weighted by molar-refractivity contribution is 0.307. The van der Waals surface area contributed by atoms with Crippen molar-refractivity contribution in [1.29, 1.82) is 0 Å². The predicted molar refractivity (Wildman–Crippen MR) is 92.8 cm³/mol. The van der Waals surface area contributed by atoms with Crippen LogP contribution in [0.5, 0.6) is 0 Å². The van der Waals surface area contributed by atoms with Crippen LogP contribution in [-0.4, -0.2) is 24.5 Å². The van der Waals surface area contributed by atoms with E-state index in [0.29, 0.717) is 0 Å². The Kier molecular flexibility index (Phi) is 5.58. The molecule has 0 heterocycles. The minimum absolute atomic E-state index is 1.13. The van der Waals surface area contributed by atoms with E-state index in [0.717, 1.165) is 26.1 Å². The van der Waals surface area contributed by atoms with Crippen LogP contribution in [0.15, 0.2) is 42.5 Å². The van der Waals surface area contributed by atoms with Crippen molar-refractivity contribution in [1.82, 2.24) is 4.90 Å². The molecular weight excluding hydrogens is 254 g/mol. The molecule has 2 rings (SSSR count). The summed E-state index contributed by atoms with van der Waals surface area (Å²) in [5.41, 5.74) is 7.06. The average Bonchev–Trinajstić information content (AvgIpc) is 2.52. The number of rotatable bonds is 6. The van der Waals surface area contributed by atoms with E-state index in [1.54, 1.807) is 0 Å². The van der Waals surface area contributed by atoms with Gasteiger partial charge >= 0.3 is 0 Å². The molecule has 0 N–H and O–H groups in total. The van der Waals surface area contributed by atoms with Gasteiger partial charge in [0.25, 0.3) is 0 Å². The van der Waals surface area contributed by atoms with Crippen LogP contribution < -0.4 is 0 Å². The molecule has 0 fully saturated rings. The van der Waals surface area contributed by atoms with Gasteiger partial charge < -0.3 is 4.90 Å². The van der Waals surface area contributed by atoms with Crippen molar-refractivity contribution in [2.24, 2.45) is 0 Å². The number of hydrogen-bond acceptors (Lipinski definition) is 1. The normalized spacial score (nSPS) is 11.1. The zero-order chi connectivity index (χ0) is 15.2. The van der Waals surface area contributed by atoms with Gasteiger partial charge in [-0.3, -0.25) is 0 Å². The first-order valence-electron chi connectivity index (χ1n) is 8.04. The lowest BCUT2D eigenvalue weighted by Gasteiger charge is -2.20. The lowest BCUT2D eigenvalue weighted by atomic mass is 9.91. The van der Waals surface area contributed by atoms with Crippen molar-refractivity contribution >= 4 is 0 Å². The molecule has 0 saturated heterocycles. The zero-order valence-corrected chi connectivity index (χ0v) is 13.8. The molecule has 112 valence electrons. The second kappa shape index (κ2) is 7.42. The van der Waals surface area contributed by atoms with E-state index in [4.69, 9.17) is 0 Å². The first-order chi connectivity index (χ1) is 10.2. The van der Waals surface area contributed by atoms with Crippen LogP contribution >= 0.6 is 0 Å². The summed E-state index contributed by atoms with van der Waals surface area (Å²) in [4.78, 5) is 2.49. The number of hydrogen-bond donors (Lipinski definition) is 0. The van der Waals surface area contributed by atoms with Crippen molar-refractivity contribution in [3.63, 3.8) is 0 Å². The second-order valence-corrected chi connectivity index (χ2v) is 5.68. The first-order valence-corrected chi connectivity index (χ1v) is 8.04. The number of aryl methyl sites for hydroxylation is 1. The Bertz CT molecular complexity index is 568. The van der Waals surface area contributed by atoms with Crippen LogP contribution in [0.4, 0.5) is 0 Å². The molecule has 2 aromatic rings. The highest BCUT2D eigenvalue weighted by Crippen LogP contribution is 2.28. The van der Waals surface area contributed by atoms with Gasteiger partial charge in [0.1, 0.15) is 0 Å². The number of nitrogens with zero attached hydrogens (tertiary/aromatic N) is 1. The summed E-state index contributed by atoms with van der Waals surface area (Å²) < 4.78 is 0. The molecule has 2 aromatic carbocycles. The second-order valence-electron chi connectivity index (χ2n) is 5.68. The molecule has 1 heteroatoms.